The molecule has 0 fully saturated rings. The van der Waals surface area contributed by atoms with Crippen LogP contribution in [0.25, 0.3) is 0 Å². The van der Waals surface area contributed by atoms with E-state index >= 15 is 0 Å². The van der Waals surface area contributed by atoms with Gasteiger partial charge in [0.15, 0.2) is 5.96 Å². The van der Waals surface area contributed by atoms with Gasteiger partial charge in [-0.3, -0.25) is 4.79 Å². The van der Waals surface area contributed by atoms with Crippen molar-refractivity contribution in [2.45, 2.75) is 33.5 Å². The van der Waals surface area contributed by atoms with Crippen LogP contribution in [0.5, 0.6) is 0 Å². The number of ether oxygens (including phenoxy) is 1. The maximum absolute atomic E-state index is 11.9. The van der Waals surface area contributed by atoms with E-state index in [1.54, 1.807) is 16.7 Å². The minimum atomic E-state index is 0. The highest BCUT2D eigenvalue weighted by atomic mass is 127. The van der Waals surface area contributed by atoms with Crippen molar-refractivity contribution in [2.75, 3.05) is 19.7 Å². The molecule has 1 unspecified atom stereocenters. The smallest absolute Gasteiger partial charge is 0.250 e. The average molecular weight is 575 g/mol. The monoisotopic (exact) mass is 574 g/mol. The Bertz CT molecular complexity index is 1050. The first-order valence-corrected chi connectivity index (χ1v) is 11.5. The fraction of sp³-hybridized carbons (Fsp3) is 0.333. The van der Waals surface area contributed by atoms with Gasteiger partial charge in [0.25, 0.3) is 5.56 Å². The SMILES string of the molecule is CCNC(=NCc1ccc(Cn2ccccc2=O)cc1)NCC(C)COCc1ccccc1.I. The molecule has 6 nitrogen and oxygen atoms in total. The van der Waals surface area contributed by atoms with E-state index in [0.717, 1.165) is 30.2 Å². The fourth-order valence-corrected chi connectivity index (χ4v) is 3.33. The summed E-state index contributed by atoms with van der Waals surface area (Å²) in [6.07, 6.45) is 1.81. The molecule has 0 spiro atoms. The Morgan fingerprint density at radius 1 is 0.941 bits per heavy atom. The quantitative estimate of drug-likeness (QED) is 0.202. The summed E-state index contributed by atoms with van der Waals surface area (Å²) < 4.78 is 7.54. The van der Waals surface area contributed by atoms with E-state index in [9.17, 15) is 4.79 Å². The van der Waals surface area contributed by atoms with Crippen LogP contribution in [0.15, 0.2) is 88.8 Å². The zero-order chi connectivity index (χ0) is 23.3. The van der Waals surface area contributed by atoms with Crippen molar-refractivity contribution < 1.29 is 4.74 Å². The minimum Gasteiger partial charge on any atom is -0.376 e. The maximum Gasteiger partial charge on any atom is 0.250 e. The number of halogens is 1. The summed E-state index contributed by atoms with van der Waals surface area (Å²) in [5.74, 6) is 1.16. The number of nitrogens with one attached hydrogen (secondary N) is 2. The van der Waals surface area contributed by atoms with Gasteiger partial charge in [-0.2, -0.15) is 0 Å². The second-order valence-corrected chi connectivity index (χ2v) is 8.17. The predicted octanol–water partition coefficient (Wildman–Crippen LogP) is 4.42. The second kappa shape index (κ2) is 15.3. The highest BCUT2D eigenvalue weighted by Gasteiger charge is 2.05. The van der Waals surface area contributed by atoms with Crippen molar-refractivity contribution in [3.63, 3.8) is 0 Å². The summed E-state index contributed by atoms with van der Waals surface area (Å²) in [6, 6.07) is 23.7. The molecular formula is C27H35IN4O2. The van der Waals surface area contributed by atoms with Crippen molar-refractivity contribution in [3.05, 3.63) is 106 Å². The van der Waals surface area contributed by atoms with Crippen molar-refractivity contribution in [1.82, 2.24) is 15.2 Å². The van der Waals surface area contributed by atoms with E-state index in [0.29, 0.717) is 32.2 Å². The first-order chi connectivity index (χ1) is 16.1. The zero-order valence-corrected chi connectivity index (χ0v) is 22.3. The van der Waals surface area contributed by atoms with Crippen LogP contribution in [0.1, 0.15) is 30.5 Å². The third kappa shape index (κ3) is 9.69. The van der Waals surface area contributed by atoms with E-state index in [4.69, 9.17) is 9.73 Å². The minimum absolute atomic E-state index is 0. The van der Waals surface area contributed by atoms with Gasteiger partial charge in [-0.05, 0) is 35.6 Å². The number of hydrogen-bond acceptors (Lipinski definition) is 3. The molecule has 7 heteroatoms. The van der Waals surface area contributed by atoms with Gasteiger partial charge in [0.2, 0.25) is 0 Å². The lowest BCUT2D eigenvalue weighted by molar-refractivity contribution is 0.0931. The van der Waals surface area contributed by atoms with Crippen LogP contribution >= 0.6 is 24.0 Å². The van der Waals surface area contributed by atoms with E-state index in [1.165, 1.54) is 5.56 Å². The molecule has 182 valence electrons. The molecule has 0 aliphatic carbocycles. The summed E-state index contributed by atoms with van der Waals surface area (Å²) in [5, 5.41) is 6.71. The third-order valence-electron chi connectivity index (χ3n) is 5.17. The molecular weight excluding hydrogens is 539 g/mol. The maximum atomic E-state index is 11.9. The standard InChI is InChI=1S/C27H34N4O2.HI/c1-3-28-27(29-17-22(2)20-33-21-25-9-5-4-6-10-25)30-18-23-12-14-24(15-13-23)19-31-16-8-7-11-26(31)32;/h4-16,22H,3,17-21H2,1-2H3,(H2,28,29,30);1H. The molecule has 0 saturated heterocycles. The lowest BCUT2D eigenvalue weighted by Crippen LogP contribution is -2.40. The molecule has 0 bridgehead atoms. The third-order valence-corrected chi connectivity index (χ3v) is 5.17. The van der Waals surface area contributed by atoms with Crippen LogP contribution in [0.4, 0.5) is 0 Å². The van der Waals surface area contributed by atoms with Crippen LogP contribution in [-0.4, -0.2) is 30.2 Å². The van der Waals surface area contributed by atoms with Crippen LogP contribution in [0.2, 0.25) is 0 Å². The van der Waals surface area contributed by atoms with E-state index in [2.05, 4.69) is 60.9 Å². The number of nitrogens with zero attached hydrogens (tertiary/aromatic N) is 2. The average Bonchev–Trinajstić information content (AvgIpc) is 2.84. The molecule has 0 radical (unpaired) electrons. The predicted molar refractivity (Wildman–Crippen MR) is 150 cm³/mol. The molecule has 1 heterocycles. The summed E-state index contributed by atoms with van der Waals surface area (Å²) in [4.78, 5) is 16.6. The molecule has 0 saturated carbocycles. The first-order valence-electron chi connectivity index (χ1n) is 11.5. The van der Waals surface area contributed by atoms with Gasteiger partial charge < -0.3 is 19.9 Å². The Hall–Kier alpha value is -2.65. The zero-order valence-electron chi connectivity index (χ0n) is 19.9. The van der Waals surface area contributed by atoms with Gasteiger partial charge in [0.05, 0.1) is 26.3 Å². The molecule has 2 aromatic carbocycles. The Morgan fingerprint density at radius 3 is 2.35 bits per heavy atom. The molecule has 34 heavy (non-hydrogen) atoms. The van der Waals surface area contributed by atoms with Gasteiger partial charge in [0, 0.05) is 25.4 Å². The molecule has 1 atom stereocenters. The van der Waals surface area contributed by atoms with Crippen LogP contribution < -0.4 is 16.2 Å². The number of pyridine rings is 1. The van der Waals surface area contributed by atoms with E-state index in [1.807, 2.05) is 30.5 Å². The normalized spacial score (nSPS) is 12.0. The van der Waals surface area contributed by atoms with Crippen LogP contribution in [0.3, 0.4) is 0 Å². The molecule has 0 aliphatic rings. The molecule has 3 rings (SSSR count). The van der Waals surface area contributed by atoms with E-state index < -0.39 is 0 Å². The summed E-state index contributed by atoms with van der Waals surface area (Å²) in [7, 11) is 0. The van der Waals surface area contributed by atoms with Gasteiger partial charge in [0.1, 0.15) is 0 Å². The number of hydrogen-bond donors (Lipinski definition) is 2. The van der Waals surface area contributed by atoms with Crippen molar-refractivity contribution in [3.8, 4) is 0 Å². The lowest BCUT2D eigenvalue weighted by atomic mass is 10.1. The number of rotatable bonds is 11. The van der Waals surface area contributed by atoms with Gasteiger partial charge in [-0.1, -0.05) is 67.6 Å². The van der Waals surface area contributed by atoms with Gasteiger partial charge in [-0.15, -0.1) is 24.0 Å². The topological polar surface area (TPSA) is 67.7 Å². The number of benzene rings is 2. The molecule has 3 aromatic rings. The molecule has 0 aliphatic heterocycles. The Kier molecular flexibility index (Phi) is 12.4. The Morgan fingerprint density at radius 2 is 1.65 bits per heavy atom. The second-order valence-electron chi connectivity index (χ2n) is 8.17. The largest absolute Gasteiger partial charge is 0.376 e. The number of aliphatic imine (C=N–C) groups is 1. The molecule has 0 amide bonds. The van der Waals surface area contributed by atoms with Crippen molar-refractivity contribution >= 4 is 29.9 Å². The van der Waals surface area contributed by atoms with Gasteiger partial charge in [-0.25, -0.2) is 4.99 Å². The van der Waals surface area contributed by atoms with Crippen LogP contribution in [-0.2, 0) is 24.4 Å². The lowest BCUT2D eigenvalue weighted by Gasteiger charge is -2.16. The summed E-state index contributed by atoms with van der Waals surface area (Å²) in [5.41, 5.74) is 3.41. The summed E-state index contributed by atoms with van der Waals surface area (Å²) in [6.45, 7) is 8.28. The van der Waals surface area contributed by atoms with E-state index in [-0.39, 0.29) is 29.5 Å². The summed E-state index contributed by atoms with van der Waals surface area (Å²) >= 11 is 0. The Labute approximate surface area is 219 Å². The number of aromatic nitrogens is 1. The van der Waals surface area contributed by atoms with Crippen molar-refractivity contribution in [2.24, 2.45) is 10.9 Å². The molecule has 1 aromatic heterocycles. The highest BCUT2D eigenvalue weighted by Crippen LogP contribution is 2.07. The van der Waals surface area contributed by atoms with Gasteiger partial charge >= 0.3 is 0 Å². The fourth-order valence-electron chi connectivity index (χ4n) is 3.33. The number of guanidine groups is 1. The molecule has 2 N–H and O–H groups in total. The van der Waals surface area contributed by atoms with Crippen molar-refractivity contribution in [1.29, 1.82) is 0 Å². The Balaban J connectivity index is 0.00000408. The van der Waals surface area contributed by atoms with Crippen LogP contribution in [0, 0.1) is 5.92 Å². The highest BCUT2D eigenvalue weighted by molar-refractivity contribution is 14.0. The first kappa shape index (κ1) is 27.6.